The average Bonchev–Trinajstić information content (AvgIpc) is 2.88. The normalized spacial score (nSPS) is 13.8. The molecule has 7 heteroatoms. The van der Waals surface area contributed by atoms with Crippen molar-refractivity contribution in [2.45, 2.75) is 142 Å². The average molecular weight is 556 g/mol. The molecule has 2 unspecified atom stereocenters. The summed E-state index contributed by atoms with van der Waals surface area (Å²) in [5.74, 6) is 1.32. The van der Waals surface area contributed by atoms with Crippen molar-refractivity contribution < 1.29 is 23.5 Å². The lowest BCUT2D eigenvalue weighted by molar-refractivity contribution is 0.184. The minimum absolute atomic E-state index is 0.0717. The van der Waals surface area contributed by atoms with Crippen molar-refractivity contribution in [3.05, 3.63) is 18.2 Å². The van der Waals surface area contributed by atoms with Crippen LogP contribution in [0.25, 0.3) is 0 Å². The molecular weight excluding hydrogens is 497 g/mol. The number of anilines is 1. The number of hydrogen-bond acceptors (Lipinski definition) is 5. The predicted molar refractivity (Wildman–Crippen MR) is 162 cm³/mol. The molecule has 0 fully saturated rings. The van der Waals surface area contributed by atoms with Gasteiger partial charge >= 0.3 is 7.60 Å². The third kappa shape index (κ3) is 19.8. The first kappa shape index (κ1) is 34.8. The minimum Gasteiger partial charge on any atom is -0.493 e. The fourth-order valence-corrected chi connectivity index (χ4v) is 5.81. The fourth-order valence-electron chi connectivity index (χ4n) is 4.46. The summed E-state index contributed by atoms with van der Waals surface area (Å²) in [4.78, 5) is 9.91. The summed E-state index contributed by atoms with van der Waals surface area (Å²) in [6, 6.07) is 5.38. The van der Waals surface area contributed by atoms with Crippen LogP contribution >= 0.6 is 7.60 Å². The molecule has 0 bridgehead atoms. The topological polar surface area (TPSA) is 91.0 Å². The Labute approximate surface area is 233 Å². The highest BCUT2D eigenvalue weighted by Gasteiger charge is 2.21. The molecule has 0 aliphatic rings. The fraction of sp³-hybridized carbons (Fsp3) is 0.806. The summed E-state index contributed by atoms with van der Waals surface area (Å²) in [5, 5.41) is 0. The zero-order chi connectivity index (χ0) is 27.9. The Kier molecular flexibility index (Phi) is 20.7. The molecule has 0 radical (unpaired) electrons. The highest BCUT2D eigenvalue weighted by Crippen LogP contribution is 2.44. The molecule has 0 aliphatic heterocycles. The number of nitrogen functional groups attached to an aromatic ring is 1. The van der Waals surface area contributed by atoms with Crippen molar-refractivity contribution in [2.24, 2.45) is 0 Å². The van der Waals surface area contributed by atoms with Gasteiger partial charge in [-0.25, -0.2) is 0 Å². The standard InChI is InChI=1S/C31H58NO5P/c1-4-6-7-8-9-10-11-12-13-14-15-16-17-18-19-20-22-35-30-25-29(32)26-31(27-30)36-23-21-24-38(33,34)37-28(3)5-2/h25-28H,4-24,32H2,1-3H3,(H,33,34). The van der Waals surface area contributed by atoms with Gasteiger partial charge in [-0.15, -0.1) is 0 Å². The Morgan fingerprint density at radius 2 is 1.13 bits per heavy atom. The number of nitrogens with two attached hydrogens (primary N) is 1. The van der Waals surface area contributed by atoms with E-state index in [0.717, 1.165) is 6.42 Å². The molecule has 0 amide bonds. The lowest BCUT2D eigenvalue weighted by Crippen LogP contribution is -2.08. The van der Waals surface area contributed by atoms with E-state index in [-0.39, 0.29) is 12.3 Å². The second-order valence-corrected chi connectivity index (χ2v) is 12.7. The van der Waals surface area contributed by atoms with Crippen molar-refractivity contribution >= 4 is 13.3 Å². The molecule has 3 N–H and O–H groups in total. The molecular formula is C31H58NO5P. The Morgan fingerprint density at radius 3 is 1.58 bits per heavy atom. The summed E-state index contributed by atoms with van der Waals surface area (Å²) in [7, 11) is -3.58. The van der Waals surface area contributed by atoms with Gasteiger partial charge < -0.3 is 24.6 Å². The van der Waals surface area contributed by atoms with E-state index in [1.54, 1.807) is 19.1 Å². The van der Waals surface area contributed by atoms with Crippen LogP contribution in [0, 0.1) is 0 Å². The van der Waals surface area contributed by atoms with Crippen LogP contribution < -0.4 is 15.2 Å². The van der Waals surface area contributed by atoms with Crippen molar-refractivity contribution in [1.29, 1.82) is 0 Å². The molecule has 6 nitrogen and oxygen atoms in total. The first-order valence-corrected chi connectivity index (χ1v) is 17.3. The van der Waals surface area contributed by atoms with Gasteiger partial charge in [-0.05, 0) is 26.2 Å². The number of benzene rings is 1. The molecule has 0 saturated heterocycles. The van der Waals surface area contributed by atoms with Gasteiger partial charge in [0.15, 0.2) is 0 Å². The van der Waals surface area contributed by atoms with Gasteiger partial charge in [0, 0.05) is 23.9 Å². The molecule has 0 spiro atoms. The first-order chi connectivity index (χ1) is 18.4. The van der Waals surface area contributed by atoms with Gasteiger partial charge in [0.2, 0.25) is 0 Å². The summed E-state index contributed by atoms with van der Waals surface area (Å²) in [6.45, 7) is 6.99. The van der Waals surface area contributed by atoms with E-state index in [1.807, 2.05) is 13.0 Å². The maximum Gasteiger partial charge on any atom is 0.328 e. The number of rotatable bonds is 26. The van der Waals surface area contributed by atoms with Gasteiger partial charge in [-0.1, -0.05) is 110 Å². The molecule has 1 aromatic rings. The van der Waals surface area contributed by atoms with Gasteiger partial charge in [-0.3, -0.25) is 4.57 Å². The molecule has 0 aliphatic carbocycles. The van der Waals surface area contributed by atoms with E-state index in [1.165, 1.54) is 96.3 Å². The van der Waals surface area contributed by atoms with Gasteiger partial charge in [0.25, 0.3) is 0 Å². The van der Waals surface area contributed by atoms with E-state index in [4.69, 9.17) is 19.7 Å². The van der Waals surface area contributed by atoms with E-state index in [9.17, 15) is 9.46 Å². The Morgan fingerprint density at radius 1 is 0.711 bits per heavy atom. The van der Waals surface area contributed by atoms with Crippen LogP contribution in [0.4, 0.5) is 5.69 Å². The Hall–Kier alpha value is -1.23. The SMILES string of the molecule is CCCCCCCCCCCCCCCCCCOc1cc(N)cc(OCCCP(=O)(O)OC(C)CC)c1. The van der Waals surface area contributed by atoms with Gasteiger partial charge in [0.05, 0.1) is 25.5 Å². The van der Waals surface area contributed by atoms with Gasteiger partial charge in [-0.2, -0.15) is 0 Å². The third-order valence-electron chi connectivity index (χ3n) is 6.94. The second kappa shape index (κ2) is 22.6. The number of hydrogen-bond donors (Lipinski definition) is 2. The van der Waals surface area contributed by atoms with E-state index >= 15 is 0 Å². The lowest BCUT2D eigenvalue weighted by atomic mass is 10.0. The number of ether oxygens (including phenoxy) is 2. The minimum atomic E-state index is -3.58. The van der Waals surface area contributed by atoms with E-state index in [2.05, 4.69) is 6.92 Å². The largest absolute Gasteiger partial charge is 0.493 e. The highest BCUT2D eigenvalue weighted by atomic mass is 31.2. The summed E-state index contributed by atoms with van der Waals surface area (Å²) < 4.78 is 28.9. The van der Waals surface area contributed by atoms with Crippen LogP contribution in [0.3, 0.4) is 0 Å². The number of unbranched alkanes of at least 4 members (excludes halogenated alkanes) is 15. The summed E-state index contributed by atoms with van der Waals surface area (Å²) >= 11 is 0. The maximum atomic E-state index is 12.1. The highest BCUT2D eigenvalue weighted by molar-refractivity contribution is 7.52. The zero-order valence-electron chi connectivity index (χ0n) is 24.8. The Balaban J connectivity index is 2.04. The predicted octanol–water partition coefficient (Wildman–Crippen LogP) is 9.68. The van der Waals surface area contributed by atoms with Crippen molar-refractivity contribution in [3.63, 3.8) is 0 Å². The maximum absolute atomic E-state index is 12.1. The van der Waals surface area contributed by atoms with Crippen LogP contribution in [0.2, 0.25) is 0 Å². The van der Waals surface area contributed by atoms with E-state index in [0.29, 0.717) is 43.2 Å². The molecule has 2 atom stereocenters. The summed E-state index contributed by atoms with van der Waals surface area (Å²) in [5.41, 5.74) is 6.59. The van der Waals surface area contributed by atoms with Crippen LogP contribution in [0.1, 0.15) is 136 Å². The molecule has 1 rings (SSSR count). The zero-order valence-corrected chi connectivity index (χ0v) is 25.7. The molecule has 0 heterocycles. The molecule has 0 saturated carbocycles. The molecule has 222 valence electrons. The molecule has 1 aromatic carbocycles. The smallest absolute Gasteiger partial charge is 0.328 e. The van der Waals surface area contributed by atoms with Crippen LogP contribution in [-0.4, -0.2) is 30.4 Å². The molecule has 38 heavy (non-hydrogen) atoms. The van der Waals surface area contributed by atoms with Crippen molar-refractivity contribution in [3.8, 4) is 11.5 Å². The summed E-state index contributed by atoms with van der Waals surface area (Å²) in [6.07, 6.45) is 22.6. The van der Waals surface area contributed by atoms with Crippen LogP contribution in [0.15, 0.2) is 18.2 Å². The Bertz CT molecular complexity index is 745. The lowest BCUT2D eigenvalue weighted by Gasteiger charge is -2.17. The third-order valence-corrected chi connectivity index (χ3v) is 8.51. The van der Waals surface area contributed by atoms with Gasteiger partial charge in [0.1, 0.15) is 11.5 Å². The van der Waals surface area contributed by atoms with Crippen LogP contribution in [-0.2, 0) is 9.09 Å². The molecule has 0 aromatic heterocycles. The van der Waals surface area contributed by atoms with Crippen LogP contribution in [0.5, 0.6) is 11.5 Å². The second-order valence-electron chi connectivity index (χ2n) is 10.8. The van der Waals surface area contributed by atoms with Crippen molar-refractivity contribution in [2.75, 3.05) is 25.1 Å². The quantitative estimate of drug-likeness (QED) is 0.0672. The first-order valence-electron chi connectivity index (χ1n) is 15.5. The monoisotopic (exact) mass is 555 g/mol. The van der Waals surface area contributed by atoms with E-state index < -0.39 is 7.60 Å². The van der Waals surface area contributed by atoms with Crippen molar-refractivity contribution in [1.82, 2.24) is 0 Å².